The van der Waals surface area contributed by atoms with Gasteiger partial charge in [-0.1, -0.05) is 19.9 Å². The zero-order valence-corrected chi connectivity index (χ0v) is 11.8. The van der Waals surface area contributed by atoms with Crippen LogP contribution in [0.25, 0.3) is 0 Å². The van der Waals surface area contributed by atoms with E-state index in [0.29, 0.717) is 19.0 Å². The number of nitrogens with zero attached hydrogens (tertiary/aromatic N) is 1. The van der Waals surface area contributed by atoms with Gasteiger partial charge < -0.3 is 16.0 Å². The van der Waals surface area contributed by atoms with E-state index in [2.05, 4.69) is 34.8 Å². The van der Waals surface area contributed by atoms with Crippen LogP contribution in [0, 0.1) is 5.92 Å². The Balaban J connectivity index is 1.98. The fraction of sp³-hybridized carbons (Fsp3) is 0.571. The van der Waals surface area contributed by atoms with Gasteiger partial charge in [-0.2, -0.15) is 0 Å². The molecule has 1 aromatic rings. The second kappa shape index (κ2) is 9.19. The van der Waals surface area contributed by atoms with Gasteiger partial charge in [0.25, 0.3) is 0 Å². The molecule has 0 aliphatic heterocycles. The van der Waals surface area contributed by atoms with Crippen LogP contribution in [0.1, 0.15) is 26.7 Å². The van der Waals surface area contributed by atoms with Crippen LogP contribution in [-0.2, 0) is 0 Å². The smallest absolute Gasteiger partial charge is 0.314 e. The number of amides is 2. The molecule has 19 heavy (non-hydrogen) atoms. The fourth-order valence-electron chi connectivity index (χ4n) is 1.61. The summed E-state index contributed by atoms with van der Waals surface area (Å²) in [4.78, 5) is 15.6. The maximum atomic E-state index is 11.4. The standard InChI is InChI=1S/C14H24N4O/c1-12(2)6-5-9-17-14(19)18-11-10-16-13-7-3-4-8-15-13/h3-4,7-8,12H,5-6,9-11H2,1-2H3,(H,15,16)(H2,17,18,19). The normalized spacial score (nSPS) is 10.3. The van der Waals surface area contributed by atoms with Crippen molar-refractivity contribution in [2.75, 3.05) is 25.0 Å². The fourth-order valence-corrected chi connectivity index (χ4v) is 1.61. The van der Waals surface area contributed by atoms with Crippen LogP contribution in [-0.4, -0.2) is 30.6 Å². The summed E-state index contributed by atoms with van der Waals surface area (Å²) in [6.07, 6.45) is 3.90. The summed E-state index contributed by atoms with van der Waals surface area (Å²) >= 11 is 0. The van der Waals surface area contributed by atoms with Crippen LogP contribution in [0.5, 0.6) is 0 Å². The predicted octanol–water partition coefficient (Wildman–Crippen LogP) is 2.23. The first kappa shape index (κ1) is 15.3. The molecular formula is C14H24N4O. The highest BCUT2D eigenvalue weighted by Gasteiger charge is 1.99. The van der Waals surface area contributed by atoms with Crippen molar-refractivity contribution in [3.8, 4) is 0 Å². The zero-order chi connectivity index (χ0) is 13.9. The molecule has 5 heteroatoms. The van der Waals surface area contributed by atoms with Crippen LogP contribution in [0.2, 0.25) is 0 Å². The quantitative estimate of drug-likeness (QED) is 0.631. The van der Waals surface area contributed by atoms with Crippen molar-refractivity contribution >= 4 is 11.8 Å². The minimum Gasteiger partial charge on any atom is -0.368 e. The van der Waals surface area contributed by atoms with E-state index in [-0.39, 0.29) is 6.03 Å². The van der Waals surface area contributed by atoms with Gasteiger partial charge in [-0.25, -0.2) is 9.78 Å². The summed E-state index contributed by atoms with van der Waals surface area (Å²) in [5, 5.41) is 8.77. The molecule has 0 spiro atoms. The molecule has 3 N–H and O–H groups in total. The third kappa shape index (κ3) is 8.02. The number of rotatable bonds is 8. The van der Waals surface area contributed by atoms with Crippen molar-refractivity contribution in [2.24, 2.45) is 5.92 Å². The molecule has 0 aliphatic rings. The monoisotopic (exact) mass is 264 g/mol. The zero-order valence-electron chi connectivity index (χ0n) is 11.8. The first-order valence-electron chi connectivity index (χ1n) is 6.85. The van der Waals surface area contributed by atoms with Gasteiger partial charge in [0.2, 0.25) is 0 Å². The number of nitrogens with one attached hydrogen (secondary N) is 3. The maximum absolute atomic E-state index is 11.4. The molecule has 1 rings (SSSR count). The Morgan fingerprint density at radius 3 is 2.68 bits per heavy atom. The molecule has 0 atom stereocenters. The number of urea groups is 1. The molecule has 0 aromatic carbocycles. The SMILES string of the molecule is CC(C)CCCNC(=O)NCCNc1ccccn1. The first-order valence-corrected chi connectivity index (χ1v) is 6.85. The van der Waals surface area contributed by atoms with Crippen LogP contribution < -0.4 is 16.0 Å². The number of hydrogen-bond donors (Lipinski definition) is 3. The summed E-state index contributed by atoms with van der Waals surface area (Å²) in [6, 6.07) is 5.58. The van der Waals surface area contributed by atoms with Crippen molar-refractivity contribution < 1.29 is 4.79 Å². The Kier molecular flexibility index (Phi) is 7.39. The molecule has 0 bridgehead atoms. The molecule has 1 aromatic heterocycles. The molecule has 106 valence electrons. The number of carbonyl (C=O) groups is 1. The minimum atomic E-state index is -0.105. The lowest BCUT2D eigenvalue weighted by Crippen LogP contribution is -2.38. The van der Waals surface area contributed by atoms with Crippen molar-refractivity contribution in [2.45, 2.75) is 26.7 Å². The van der Waals surface area contributed by atoms with Gasteiger partial charge in [-0.05, 0) is 30.9 Å². The molecule has 0 unspecified atom stereocenters. The Morgan fingerprint density at radius 1 is 1.21 bits per heavy atom. The third-order valence-corrected chi connectivity index (χ3v) is 2.63. The lowest BCUT2D eigenvalue weighted by atomic mass is 10.1. The van der Waals surface area contributed by atoms with E-state index >= 15 is 0 Å². The molecule has 5 nitrogen and oxygen atoms in total. The molecule has 1 heterocycles. The summed E-state index contributed by atoms with van der Waals surface area (Å²) < 4.78 is 0. The van der Waals surface area contributed by atoms with Crippen LogP contribution >= 0.6 is 0 Å². The molecular weight excluding hydrogens is 240 g/mol. The van der Waals surface area contributed by atoms with Gasteiger partial charge in [0.15, 0.2) is 0 Å². The predicted molar refractivity (Wildman–Crippen MR) is 78.2 cm³/mol. The van der Waals surface area contributed by atoms with Gasteiger partial charge in [0, 0.05) is 25.8 Å². The third-order valence-electron chi connectivity index (χ3n) is 2.63. The lowest BCUT2D eigenvalue weighted by molar-refractivity contribution is 0.241. The highest BCUT2D eigenvalue weighted by molar-refractivity contribution is 5.73. The van der Waals surface area contributed by atoms with Crippen LogP contribution in [0.15, 0.2) is 24.4 Å². The summed E-state index contributed by atoms with van der Waals surface area (Å²) in [6.45, 7) is 6.34. The number of aromatic nitrogens is 1. The Morgan fingerprint density at radius 2 is 2.00 bits per heavy atom. The minimum absolute atomic E-state index is 0.105. The van der Waals surface area contributed by atoms with Crippen molar-refractivity contribution in [3.05, 3.63) is 24.4 Å². The van der Waals surface area contributed by atoms with E-state index in [0.717, 1.165) is 25.2 Å². The Labute approximate surface area is 115 Å². The summed E-state index contributed by atoms with van der Waals surface area (Å²) in [5.41, 5.74) is 0. The van der Waals surface area contributed by atoms with E-state index < -0.39 is 0 Å². The average molecular weight is 264 g/mol. The number of carbonyl (C=O) groups excluding carboxylic acids is 1. The molecule has 0 fully saturated rings. The van der Waals surface area contributed by atoms with Gasteiger partial charge in [0.1, 0.15) is 5.82 Å². The molecule has 0 aliphatic carbocycles. The average Bonchev–Trinajstić information content (AvgIpc) is 2.41. The van der Waals surface area contributed by atoms with Crippen molar-refractivity contribution in [1.29, 1.82) is 0 Å². The summed E-state index contributed by atoms with van der Waals surface area (Å²) in [5.74, 6) is 1.51. The number of pyridine rings is 1. The van der Waals surface area contributed by atoms with E-state index in [9.17, 15) is 4.79 Å². The molecule has 0 saturated carbocycles. The van der Waals surface area contributed by atoms with E-state index in [4.69, 9.17) is 0 Å². The molecule has 0 radical (unpaired) electrons. The van der Waals surface area contributed by atoms with Gasteiger partial charge in [-0.3, -0.25) is 0 Å². The summed E-state index contributed by atoms with van der Waals surface area (Å²) in [7, 11) is 0. The maximum Gasteiger partial charge on any atom is 0.314 e. The van der Waals surface area contributed by atoms with E-state index in [1.54, 1.807) is 6.20 Å². The Bertz CT molecular complexity index is 354. The van der Waals surface area contributed by atoms with Crippen LogP contribution in [0.3, 0.4) is 0 Å². The lowest BCUT2D eigenvalue weighted by Gasteiger charge is -2.09. The van der Waals surface area contributed by atoms with Crippen molar-refractivity contribution in [3.63, 3.8) is 0 Å². The van der Waals surface area contributed by atoms with Crippen LogP contribution in [0.4, 0.5) is 10.6 Å². The van der Waals surface area contributed by atoms with E-state index in [1.165, 1.54) is 0 Å². The van der Waals surface area contributed by atoms with Gasteiger partial charge >= 0.3 is 6.03 Å². The second-order valence-electron chi connectivity index (χ2n) is 4.86. The highest BCUT2D eigenvalue weighted by atomic mass is 16.2. The molecule has 2 amide bonds. The van der Waals surface area contributed by atoms with E-state index in [1.807, 2.05) is 18.2 Å². The first-order chi connectivity index (χ1) is 9.18. The number of hydrogen-bond acceptors (Lipinski definition) is 3. The largest absolute Gasteiger partial charge is 0.368 e. The second-order valence-corrected chi connectivity index (χ2v) is 4.86. The Hall–Kier alpha value is -1.78. The topological polar surface area (TPSA) is 66.1 Å². The number of anilines is 1. The van der Waals surface area contributed by atoms with Crippen molar-refractivity contribution in [1.82, 2.24) is 15.6 Å². The van der Waals surface area contributed by atoms with Gasteiger partial charge in [0.05, 0.1) is 0 Å². The van der Waals surface area contributed by atoms with Gasteiger partial charge in [-0.15, -0.1) is 0 Å². The molecule has 0 saturated heterocycles. The highest BCUT2D eigenvalue weighted by Crippen LogP contribution is 2.01.